The Morgan fingerprint density at radius 2 is 2.05 bits per heavy atom. The first-order valence-electron chi connectivity index (χ1n) is 5.99. The van der Waals surface area contributed by atoms with Crippen LogP contribution in [0.3, 0.4) is 0 Å². The SMILES string of the molecule is COc1ccc2c(c1)Sc1ccc(Cl)cc1C(O)C2. The lowest BCUT2D eigenvalue weighted by molar-refractivity contribution is 0.175. The molecule has 2 nitrogen and oxygen atoms in total. The Morgan fingerprint density at radius 1 is 1.21 bits per heavy atom. The molecule has 4 heteroatoms. The van der Waals surface area contributed by atoms with Gasteiger partial charge in [-0.25, -0.2) is 0 Å². The Morgan fingerprint density at radius 3 is 2.84 bits per heavy atom. The summed E-state index contributed by atoms with van der Waals surface area (Å²) in [7, 11) is 1.66. The third-order valence-electron chi connectivity index (χ3n) is 3.24. The van der Waals surface area contributed by atoms with Gasteiger partial charge >= 0.3 is 0 Å². The fourth-order valence-corrected chi connectivity index (χ4v) is 3.56. The van der Waals surface area contributed by atoms with E-state index in [1.165, 1.54) is 0 Å². The zero-order chi connectivity index (χ0) is 13.4. The second-order valence-corrected chi connectivity index (χ2v) is 6.00. The summed E-state index contributed by atoms with van der Waals surface area (Å²) in [4.78, 5) is 2.17. The van der Waals surface area contributed by atoms with Crippen LogP contribution in [0.5, 0.6) is 5.75 Å². The molecule has 0 bridgehead atoms. The van der Waals surface area contributed by atoms with Gasteiger partial charge in [0.2, 0.25) is 0 Å². The van der Waals surface area contributed by atoms with Crippen LogP contribution in [0, 0.1) is 0 Å². The molecule has 1 N–H and O–H groups in total. The molecule has 19 heavy (non-hydrogen) atoms. The summed E-state index contributed by atoms with van der Waals surface area (Å²) >= 11 is 7.66. The molecule has 0 amide bonds. The van der Waals surface area contributed by atoms with E-state index in [9.17, 15) is 5.11 Å². The first-order valence-corrected chi connectivity index (χ1v) is 7.19. The van der Waals surface area contributed by atoms with Crippen molar-refractivity contribution in [3.63, 3.8) is 0 Å². The molecule has 1 atom stereocenters. The van der Waals surface area contributed by atoms with Gasteiger partial charge in [-0.05, 0) is 41.5 Å². The number of rotatable bonds is 1. The van der Waals surface area contributed by atoms with E-state index in [0.29, 0.717) is 11.4 Å². The van der Waals surface area contributed by atoms with E-state index in [0.717, 1.165) is 26.7 Å². The van der Waals surface area contributed by atoms with E-state index in [1.807, 2.05) is 36.4 Å². The lowest BCUT2D eigenvalue weighted by atomic mass is 10.0. The van der Waals surface area contributed by atoms with E-state index in [4.69, 9.17) is 16.3 Å². The van der Waals surface area contributed by atoms with Crippen molar-refractivity contribution in [3.8, 4) is 5.75 Å². The molecule has 0 saturated carbocycles. The molecule has 0 fully saturated rings. The Kier molecular flexibility index (Phi) is 3.44. The number of halogens is 1. The van der Waals surface area contributed by atoms with Gasteiger partial charge in [0.15, 0.2) is 0 Å². The molecule has 0 radical (unpaired) electrons. The predicted molar refractivity (Wildman–Crippen MR) is 77.2 cm³/mol. The highest BCUT2D eigenvalue weighted by atomic mass is 35.5. The summed E-state index contributed by atoms with van der Waals surface area (Å²) in [6.07, 6.45) is 0.0792. The lowest BCUT2D eigenvalue weighted by Gasteiger charge is -2.11. The van der Waals surface area contributed by atoms with Crippen LogP contribution in [-0.4, -0.2) is 12.2 Å². The van der Waals surface area contributed by atoms with Crippen molar-refractivity contribution in [2.24, 2.45) is 0 Å². The van der Waals surface area contributed by atoms with E-state index < -0.39 is 6.10 Å². The van der Waals surface area contributed by atoms with Crippen molar-refractivity contribution < 1.29 is 9.84 Å². The molecule has 0 saturated heterocycles. The van der Waals surface area contributed by atoms with Gasteiger partial charge in [-0.2, -0.15) is 0 Å². The van der Waals surface area contributed by atoms with Crippen LogP contribution in [0.4, 0.5) is 0 Å². The maximum absolute atomic E-state index is 10.3. The predicted octanol–water partition coefficient (Wildman–Crippen LogP) is 4.09. The lowest BCUT2D eigenvalue weighted by Crippen LogP contribution is -2.01. The Hall–Kier alpha value is -1.16. The highest BCUT2D eigenvalue weighted by Crippen LogP contribution is 2.42. The van der Waals surface area contributed by atoms with Gasteiger partial charge in [0, 0.05) is 21.2 Å². The third-order valence-corrected chi connectivity index (χ3v) is 4.67. The monoisotopic (exact) mass is 292 g/mol. The number of aliphatic hydroxyl groups excluding tert-OH is 1. The van der Waals surface area contributed by atoms with Crippen molar-refractivity contribution in [3.05, 3.63) is 52.5 Å². The van der Waals surface area contributed by atoms with Crippen molar-refractivity contribution in [1.82, 2.24) is 0 Å². The maximum atomic E-state index is 10.3. The zero-order valence-electron chi connectivity index (χ0n) is 10.4. The molecule has 0 aliphatic carbocycles. The Labute approximate surface area is 121 Å². The van der Waals surface area contributed by atoms with E-state index in [-0.39, 0.29) is 0 Å². The smallest absolute Gasteiger partial charge is 0.120 e. The van der Waals surface area contributed by atoms with Gasteiger partial charge in [-0.15, -0.1) is 0 Å². The molecule has 0 spiro atoms. The molecule has 3 rings (SSSR count). The minimum absolute atomic E-state index is 0.518. The zero-order valence-corrected chi connectivity index (χ0v) is 12.0. The van der Waals surface area contributed by atoms with Gasteiger partial charge in [0.1, 0.15) is 5.75 Å². The second-order valence-electron chi connectivity index (χ2n) is 4.48. The topological polar surface area (TPSA) is 29.5 Å². The summed E-state index contributed by atoms with van der Waals surface area (Å²) < 4.78 is 5.26. The average Bonchev–Trinajstić information content (AvgIpc) is 2.54. The van der Waals surface area contributed by atoms with E-state index in [1.54, 1.807) is 18.9 Å². The van der Waals surface area contributed by atoms with Crippen molar-refractivity contribution in [1.29, 1.82) is 0 Å². The quantitative estimate of drug-likeness (QED) is 0.858. The molecule has 1 heterocycles. The number of hydrogen-bond acceptors (Lipinski definition) is 3. The van der Waals surface area contributed by atoms with E-state index >= 15 is 0 Å². The standard InChI is InChI=1S/C15H13ClO2S/c1-18-11-4-2-9-6-13(17)12-7-10(16)3-5-14(12)19-15(9)8-11/h2-5,7-8,13,17H,6H2,1H3. The Bertz CT molecular complexity index is 628. The van der Waals surface area contributed by atoms with Crippen LogP contribution in [0.15, 0.2) is 46.2 Å². The van der Waals surface area contributed by atoms with Crippen molar-refractivity contribution in [2.45, 2.75) is 22.3 Å². The number of hydrogen-bond donors (Lipinski definition) is 1. The van der Waals surface area contributed by atoms with Crippen molar-refractivity contribution >= 4 is 23.4 Å². The fourth-order valence-electron chi connectivity index (χ4n) is 2.23. The van der Waals surface area contributed by atoms with Crippen LogP contribution in [-0.2, 0) is 6.42 Å². The molecular weight excluding hydrogens is 280 g/mol. The summed E-state index contributed by atoms with van der Waals surface area (Å²) in [5.41, 5.74) is 2.03. The number of fused-ring (bicyclic) bond motifs is 2. The molecule has 1 unspecified atom stereocenters. The van der Waals surface area contributed by atoms with Crippen LogP contribution in [0.1, 0.15) is 17.2 Å². The number of methoxy groups -OCH3 is 1. The summed E-state index contributed by atoms with van der Waals surface area (Å²) in [5, 5.41) is 11.0. The fraction of sp³-hybridized carbons (Fsp3) is 0.200. The third kappa shape index (κ3) is 2.46. The first kappa shape index (κ1) is 12.9. The summed E-state index contributed by atoms with van der Waals surface area (Å²) in [5.74, 6) is 0.832. The minimum Gasteiger partial charge on any atom is -0.497 e. The first-order chi connectivity index (χ1) is 9.17. The molecule has 2 aromatic rings. The highest BCUT2D eigenvalue weighted by Gasteiger charge is 2.21. The van der Waals surface area contributed by atoms with Gasteiger partial charge in [-0.3, -0.25) is 0 Å². The van der Waals surface area contributed by atoms with Gasteiger partial charge in [0.05, 0.1) is 13.2 Å². The number of ether oxygens (including phenoxy) is 1. The van der Waals surface area contributed by atoms with E-state index in [2.05, 4.69) is 0 Å². The molecule has 2 aromatic carbocycles. The largest absolute Gasteiger partial charge is 0.497 e. The summed E-state index contributed by atoms with van der Waals surface area (Å²) in [6.45, 7) is 0. The van der Waals surface area contributed by atoms with Crippen molar-refractivity contribution in [2.75, 3.05) is 7.11 Å². The molecule has 98 valence electrons. The molecule has 1 aliphatic rings. The van der Waals surface area contributed by atoms with Gasteiger partial charge in [0.25, 0.3) is 0 Å². The normalized spacial score (nSPS) is 17.3. The van der Waals surface area contributed by atoms with Crippen LogP contribution in [0.25, 0.3) is 0 Å². The van der Waals surface area contributed by atoms with Gasteiger partial charge in [-0.1, -0.05) is 29.4 Å². The molecular formula is C15H13ClO2S. The van der Waals surface area contributed by atoms with Crippen LogP contribution in [0.2, 0.25) is 5.02 Å². The second kappa shape index (κ2) is 5.08. The molecule has 0 aromatic heterocycles. The average molecular weight is 293 g/mol. The Balaban J connectivity index is 2.10. The maximum Gasteiger partial charge on any atom is 0.120 e. The summed E-state index contributed by atoms with van der Waals surface area (Å²) in [6, 6.07) is 11.6. The highest BCUT2D eigenvalue weighted by molar-refractivity contribution is 7.99. The minimum atomic E-state index is -0.518. The van der Waals surface area contributed by atoms with Crippen LogP contribution < -0.4 is 4.74 Å². The van der Waals surface area contributed by atoms with Gasteiger partial charge < -0.3 is 9.84 Å². The molecule has 1 aliphatic heterocycles. The number of benzene rings is 2. The number of aliphatic hydroxyl groups is 1. The van der Waals surface area contributed by atoms with Crippen LogP contribution >= 0.6 is 23.4 Å².